The molecule has 0 atom stereocenters. The van der Waals surface area contributed by atoms with Gasteiger partial charge in [-0.25, -0.2) is 0 Å². The fourth-order valence-corrected chi connectivity index (χ4v) is 2.35. The van der Waals surface area contributed by atoms with Crippen molar-refractivity contribution in [1.29, 1.82) is 0 Å². The Morgan fingerprint density at radius 2 is 1.74 bits per heavy atom. The number of aromatic nitrogens is 3. The molecule has 0 radical (unpaired) electrons. The average Bonchev–Trinajstić information content (AvgIpc) is 2.54. The first-order valence-electron chi connectivity index (χ1n) is 6.84. The molecule has 0 aliphatic rings. The fraction of sp³-hybridized carbons (Fsp3) is 0.0625. The van der Waals surface area contributed by atoms with Crippen molar-refractivity contribution in [2.24, 2.45) is 0 Å². The normalized spacial score (nSPS) is 10.5. The van der Waals surface area contributed by atoms with Crippen molar-refractivity contribution in [2.45, 2.75) is 6.42 Å². The predicted molar refractivity (Wildman–Crippen MR) is 91.6 cm³/mol. The minimum atomic E-state index is -0.309. The molecule has 0 aliphatic heterocycles. The Hall–Kier alpha value is -2.37. The number of hydrogen-bond acceptors (Lipinski definition) is 4. The molecule has 7 heteroatoms. The Balaban J connectivity index is 1.79. The number of benzene rings is 2. The van der Waals surface area contributed by atoms with Crippen molar-refractivity contribution in [3.63, 3.8) is 0 Å². The minimum absolute atomic E-state index is 0.264. The van der Waals surface area contributed by atoms with Crippen LogP contribution in [0.15, 0.2) is 53.3 Å². The van der Waals surface area contributed by atoms with Crippen molar-refractivity contribution >= 4 is 34.8 Å². The molecule has 23 heavy (non-hydrogen) atoms. The van der Waals surface area contributed by atoms with Gasteiger partial charge in [0.1, 0.15) is 5.69 Å². The Bertz CT molecular complexity index is 878. The molecule has 2 aromatic carbocycles. The maximum atomic E-state index is 12.1. The van der Waals surface area contributed by atoms with E-state index in [1.165, 1.54) is 0 Å². The lowest BCUT2D eigenvalue weighted by Gasteiger charge is -2.06. The van der Waals surface area contributed by atoms with Crippen LogP contribution in [0.1, 0.15) is 11.3 Å². The van der Waals surface area contributed by atoms with Gasteiger partial charge in [0.05, 0.1) is 0 Å². The van der Waals surface area contributed by atoms with Crippen LogP contribution in [0, 0.1) is 0 Å². The second kappa shape index (κ2) is 6.81. The molecule has 0 unspecified atom stereocenters. The molecule has 0 spiro atoms. The summed E-state index contributed by atoms with van der Waals surface area (Å²) in [5, 5.41) is 12.2. The molecular formula is C16H12Cl2N4O. The van der Waals surface area contributed by atoms with Crippen LogP contribution in [0.5, 0.6) is 0 Å². The largest absolute Gasteiger partial charge is 0.324 e. The van der Waals surface area contributed by atoms with Gasteiger partial charge in [-0.3, -0.25) is 9.78 Å². The zero-order valence-corrected chi connectivity index (χ0v) is 13.4. The number of hydrogen-bond donors (Lipinski definition) is 2. The van der Waals surface area contributed by atoms with E-state index < -0.39 is 0 Å². The summed E-state index contributed by atoms with van der Waals surface area (Å²) in [6.07, 6.45) is 0.323. The van der Waals surface area contributed by atoms with Gasteiger partial charge < -0.3 is 5.32 Å². The van der Waals surface area contributed by atoms with Crippen molar-refractivity contribution in [3.05, 3.63) is 80.2 Å². The topological polar surface area (TPSA) is 70.7 Å². The van der Waals surface area contributed by atoms with E-state index in [4.69, 9.17) is 23.2 Å². The number of halogens is 2. The van der Waals surface area contributed by atoms with Gasteiger partial charge in [-0.1, -0.05) is 41.4 Å². The second-order valence-corrected chi connectivity index (χ2v) is 5.69. The van der Waals surface area contributed by atoms with Crippen LogP contribution in [0.3, 0.4) is 0 Å². The highest BCUT2D eigenvalue weighted by Gasteiger charge is 2.08. The third-order valence-electron chi connectivity index (χ3n) is 3.19. The average molecular weight is 347 g/mol. The summed E-state index contributed by atoms with van der Waals surface area (Å²) in [7, 11) is 0. The molecule has 0 saturated heterocycles. The van der Waals surface area contributed by atoms with Crippen LogP contribution < -0.4 is 10.9 Å². The van der Waals surface area contributed by atoms with Gasteiger partial charge in [-0.05, 0) is 35.9 Å². The molecule has 0 amide bonds. The molecule has 0 bridgehead atoms. The van der Waals surface area contributed by atoms with E-state index in [1.807, 2.05) is 18.2 Å². The number of aromatic amines is 1. The van der Waals surface area contributed by atoms with Gasteiger partial charge in [0.2, 0.25) is 5.95 Å². The minimum Gasteiger partial charge on any atom is -0.324 e. The molecular weight excluding hydrogens is 335 g/mol. The number of rotatable bonds is 4. The first-order chi connectivity index (χ1) is 11.1. The Kier molecular flexibility index (Phi) is 4.60. The van der Waals surface area contributed by atoms with Gasteiger partial charge in [-0.2, -0.15) is 0 Å². The predicted octanol–water partition coefficient (Wildman–Crippen LogP) is 3.81. The van der Waals surface area contributed by atoms with E-state index in [-0.39, 0.29) is 11.5 Å². The van der Waals surface area contributed by atoms with Crippen molar-refractivity contribution in [2.75, 3.05) is 5.32 Å². The second-order valence-electron chi connectivity index (χ2n) is 4.85. The van der Waals surface area contributed by atoms with E-state index in [1.54, 1.807) is 30.3 Å². The summed E-state index contributed by atoms with van der Waals surface area (Å²) < 4.78 is 0. The third-order valence-corrected chi connectivity index (χ3v) is 3.81. The fourth-order valence-electron chi connectivity index (χ4n) is 2.02. The molecule has 0 aliphatic carbocycles. The van der Waals surface area contributed by atoms with Crippen molar-refractivity contribution < 1.29 is 0 Å². The van der Waals surface area contributed by atoms with Crippen LogP contribution in [-0.4, -0.2) is 15.2 Å². The zero-order valence-electron chi connectivity index (χ0n) is 11.9. The van der Waals surface area contributed by atoms with Crippen LogP contribution in [-0.2, 0) is 6.42 Å². The SMILES string of the molecule is O=c1[nH]c(Nc2ccc(Cl)cc2)nnc1Cc1ccccc1Cl. The summed E-state index contributed by atoms with van der Waals surface area (Å²) in [6, 6.07) is 14.3. The van der Waals surface area contributed by atoms with E-state index in [2.05, 4.69) is 20.5 Å². The summed E-state index contributed by atoms with van der Waals surface area (Å²) in [6.45, 7) is 0. The molecule has 3 rings (SSSR count). The molecule has 0 fully saturated rings. The molecule has 3 aromatic rings. The Labute approximate surface area is 142 Å². The lowest BCUT2D eigenvalue weighted by Crippen LogP contribution is -2.19. The standard InChI is InChI=1S/C16H12Cl2N4O/c17-11-5-7-12(8-6-11)19-16-20-15(23)14(21-22-16)9-10-3-1-2-4-13(10)18/h1-8H,9H2,(H2,19,20,22,23). The first-order valence-corrected chi connectivity index (χ1v) is 7.59. The summed E-state index contributed by atoms with van der Waals surface area (Å²) in [4.78, 5) is 14.8. The van der Waals surface area contributed by atoms with Gasteiger partial charge >= 0.3 is 0 Å². The van der Waals surface area contributed by atoms with Crippen LogP contribution in [0.25, 0.3) is 0 Å². The van der Waals surface area contributed by atoms with Gasteiger partial charge in [0.15, 0.2) is 0 Å². The third kappa shape index (κ3) is 3.88. The molecule has 116 valence electrons. The lowest BCUT2D eigenvalue weighted by molar-refractivity contribution is 0.874. The Morgan fingerprint density at radius 1 is 1.00 bits per heavy atom. The van der Waals surface area contributed by atoms with Crippen LogP contribution in [0.2, 0.25) is 10.0 Å². The van der Waals surface area contributed by atoms with E-state index in [0.29, 0.717) is 22.2 Å². The maximum absolute atomic E-state index is 12.1. The lowest BCUT2D eigenvalue weighted by atomic mass is 10.1. The summed E-state index contributed by atoms with van der Waals surface area (Å²) in [5.41, 5.74) is 1.57. The highest BCUT2D eigenvalue weighted by Crippen LogP contribution is 2.18. The van der Waals surface area contributed by atoms with Crippen molar-refractivity contribution in [3.8, 4) is 0 Å². The van der Waals surface area contributed by atoms with Crippen LogP contribution >= 0.6 is 23.2 Å². The first kappa shape index (κ1) is 15.5. The summed E-state index contributed by atoms with van der Waals surface area (Å²) in [5.74, 6) is 0.264. The number of nitrogens with zero attached hydrogens (tertiary/aromatic N) is 2. The zero-order chi connectivity index (χ0) is 16.2. The van der Waals surface area contributed by atoms with Gasteiger partial charge in [0.25, 0.3) is 5.56 Å². The van der Waals surface area contributed by atoms with E-state index in [0.717, 1.165) is 11.3 Å². The van der Waals surface area contributed by atoms with E-state index >= 15 is 0 Å². The highest BCUT2D eigenvalue weighted by molar-refractivity contribution is 6.31. The highest BCUT2D eigenvalue weighted by atomic mass is 35.5. The molecule has 0 saturated carbocycles. The summed E-state index contributed by atoms with van der Waals surface area (Å²) >= 11 is 11.9. The number of nitrogens with one attached hydrogen (secondary N) is 2. The number of anilines is 2. The quantitative estimate of drug-likeness (QED) is 0.753. The molecule has 5 nitrogen and oxygen atoms in total. The van der Waals surface area contributed by atoms with E-state index in [9.17, 15) is 4.79 Å². The molecule has 2 N–H and O–H groups in total. The smallest absolute Gasteiger partial charge is 0.274 e. The van der Waals surface area contributed by atoms with Gasteiger partial charge in [0, 0.05) is 22.2 Å². The molecule has 1 aromatic heterocycles. The Morgan fingerprint density at radius 3 is 2.43 bits per heavy atom. The monoisotopic (exact) mass is 346 g/mol. The van der Waals surface area contributed by atoms with Gasteiger partial charge in [-0.15, -0.1) is 10.2 Å². The van der Waals surface area contributed by atoms with Crippen molar-refractivity contribution in [1.82, 2.24) is 15.2 Å². The maximum Gasteiger partial charge on any atom is 0.274 e. The molecule has 1 heterocycles. The van der Waals surface area contributed by atoms with Crippen LogP contribution in [0.4, 0.5) is 11.6 Å². The number of H-pyrrole nitrogens is 1.